The van der Waals surface area contributed by atoms with Gasteiger partial charge >= 0.3 is 0 Å². The van der Waals surface area contributed by atoms with E-state index < -0.39 is 0 Å². The molecule has 0 aliphatic rings. The van der Waals surface area contributed by atoms with Crippen LogP contribution in [-0.4, -0.2) is 11.5 Å². The first-order chi connectivity index (χ1) is 7.83. The van der Waals surface area contributed by atoms with Gasteiger partial charge in [-0.05, 0) is 34.5 Å². The molecule has 0 atom stereocenters. The third kappa shape index (κ3) is 6.11. The number of anilines is 1. The molecule has 0 saturated carbocycles. The van der Waals surface area contributed by atoms with Crippen molar-refractivity contribution < 1.29 is 0 Å². The summed E-state index contributed by atoms with van der Waals surface area (Å²) < 4.78 is 0.887. The van der Waals surface area contributed by atoms with Crippen LogP contribution < -0.4 is 5.32 Å². The maximum atomic E-state index is 4.17. The maximum absolute atomic E-state index is 4.17. The van der Waals surface area contributed by atoms with Gasteiger partial charge in [-0.15, -0.1) is 0 Å². The van der Waals surface area contributed by atoms with Gasteiger partial charge < -0.3 is 5.32 Å². The van der Waals surface area contributed by atoms with E-state index >= 15 is 0 Å². The Morgan fingerprint density at radius 3 is 2.56 bits per heavy atom. The van der Waals surface area contributed by atoms with Crippen molar-refractivity contribution in [3.8, 4) is 0 Å². The molecule has 16 heavy (non-hydrogen) atoms. The van der Waals surface area contributed by atoms with Crippen LogP contribution in [0.1, 0.15) is 45.4 Å². The molecule has 0 aliphatic heterocycles. The van der Waals surface area contributed by atoms with Crippen molar-refractivity contribution in [1.82, 2.24) is 4.98 Å². The van der Waals surface area contributed by atoms with E-state index in [1.807, 2.05) is 18.3 Å². The molecule has 0 unspecified atom stereocenters. The van der Waals surface area contributed by atoms with Crippen molar-refractivity contribution in [2.75, 3.05) is 11.9 Å². The second kappa shape index (κ2) is 8.57. The first-order valence-corrected chi connectivity index (χ1v) is 6.97. The molecule has 0 aromatic carbocycles. The SMILES string of the molecule is CCCCCCCCNc1ccc(Br)nc1. The Morgan fingerprint density at radius 2 is 1.88 bits per heavy atom. The Labute approximate surface area is 107 Å². The molecule has 3 heteroatoms. The van der Waals surface area contributed by atoms with Crippen molar-refractivity contribution in [1.29, 1.82) is 0 Å². The van der Waals surface area contributed by atoms with Crippen LogP contribution in [0.3, 0.4) is 0 Å². The molecule has 2 nitrogen and oxygen atoms in total. The van der Waals surface area contributed by atoms with Crippen LogP contribution in [0.25, 0.3) is 0 Å². The lowest BCUT2D eigenvalue weighted by molar-refractivity contribution is 0.617. The van der Waals surface area contributed by atoms with Crippen LogP contribution in [0.2, 0.25) is 0 Å². The van der Waals surface area contributed by atoms with E-state index in [-0.39, 0.29) is 0 Å². The van der Waals surface area contributed by atoms with Gasteiger partial charge in [0.1, 0.15) is 4.60 Å². The van der Waals surface area contributed by atoms with Crippen LogP contribution in [0.5, 0.6) is 0 Å². The number of nitrogens with one attached hydrogen (secondary N) is 1. The maximum Gasteiger partial charge on any atom is 0.106 e. The van der Waals surface area contributed by atoms with Crippen molar-refractivity contribution in [2.45, 2.75) is 45.4 Å². The molecule has 1 rings (SSSR count). The highest BCUT2D eigenvalue weighted by atomic mass is 79.9. The highest BCUT2D eigenvalue weighted by Gasteiger charge is 1.93. The fourth-order valence-corrected chi connectivity index (χ4v) is 1.85. The summed E-state index contributed by atoms with van der Waals surface area (Å²) in [6.07, 6.45) is 9.90. The van der Waals surface area contributed by atoms with Crippen LogP contribution in [-0.2, 0) is 0 Å². The second-order valence-corrected chi connectivity index (χ2v) is 4.88. The van der Waals surface area contributed by atoms with Gasteiger partial charge in [-0.25, -0.2) is 4.98 Å². The summed E-state index contributed by atoms with van der Waals surface area (Å²) in [6.45, 7) is 3.30. The zero-order chi connectivity index (χ0) is 11.6. The van der Waals surface area contributed by atoms with Crippen LogP contribution in [0.15, 0.2) is 22.9 Å². The minimum atomic E-state index is 0.887. The fraction of sp³-hybridized carbons (Fsp3) is 0.615. The summed E-state index contributed by atoms with van der Waals surface area (Å²) in [5.41, 5.74) is 1.11. The van der Waals surface area contributed by atoms with Crippen molar-refractivity contribution in [3.63, 3.8) is 0 Å². The van der Waals surface area contributed by atoms with E-state index in [0.29, 0.717) is 0 Å². The number of aromatic nitrogens is 1. The van der Waals surface area contributed by atoms with Crippen LogP contribution in [0, 0.1) is 0 Å². The Morgan fingerprint density at radius 1 is 1.12 bits per heavy atom. The van der Waals surface area contributed by atoms with E-state index in [1.54, 1.807) is 0 Å². The van der Waals surface area contributed by atoms with E-state index in [0.717, 1.165) is 16.8 Å². The fourth-order valence-electron chi connectivity index (χ4n) is 1.62. The third-order valence-corrected chi connectivity index (χ3v) is 3.06. The molecule has 90 valence electrons. The van der Waals surface area contributed by atoms with Crippen molar-refractivity contribution in [2.24, 2.45) is 0 Å². The van der Waals surface area contributed by atoms with Gasteiger partial charge in [0, 0.05) is 6.54 Å². The summed E-state index contributed by atoms with van der Waals surface area (Å²) in [7, 11) is 0. The van der Waals surface area contributed by atoms with Gasteiger partial charge in [-0.3, -0.25) is 0 Å². The number of halogens is 1. The van der Waals surface area contributed by atoms with Crippen LogP contribution in [0.4, 0.5) is 5.69 Å². The molecule has 1 aromatic heterocycles. The Bertz CT molecular complexity index is 272. The number of hydrogen-bond donors (Lipinski definition) is 1. The van der Waals surface area contributed by atoms with Crippen LogP contribution >= 0.6 is 15.9 Å². The predicted molar refractivity (Wildman–Crippen MR) is 73.8 cm³/mol. The van der Waals surface area contributed by atoms with E-state index in [1.165, 1.54) is 38.5 Å². The first-order valence-electron chi connectivity index (χ1n) is 6.18. The molecule has 0 fully saturated rings. The molecule has 0 bridgehead atoms. The van der Waals surface area contributed by atoms with Gasteiger partial charge in [0.2, 0.25) is 0 Å². The van der Waals surface area contributed by atoms with Gasteiger partial charge in [-0.1, -0.05) is 39.0 Å². The van der Waals surface area contributed by atoms with E-state index in [2.05, 4.69) is 33.2 Å². The zero-order valence-electron chi connectivity index (χ0n) is 10.0. The minimum Gasteiger partial charge on any atom is -0.384 e. The van der Waals surface area contributed by atoms with E-state index in [4.69, 9.17) is 0 Å². The Kier molecular flexibility index (Phi) is 7.23. The number of pyridine rings is 1. The average Bonchev–Trinajstić information content (AvgIpc) is 2.30. The lowest BCUT2D eigenvalue weighted by atomic mass is 10.1. The summed E-state index contributed by atoms with van der Waals surface area (Å²) in [6, 6.07) is 4.01. The minimum absolute atomic E-state index is 0.887. The standard InChI is InChI=1S/C13H21BrN2/c1-2-3-4-5-6-7-10-15-12-8-9-13(14)16-11-12/h8-9,11,15H,2-7,10H2,1H3. The molecular weight excluding hydrogens is 264 g/mol. The molecule has 0 amide bonds. The summed E-state index contributed by atoms with van der Waals surface area (Å²) in [5, 5.41) is 3.38. The second-order valence-electron chi connectivity index (χ2n) is 4.06. The van der Waals surface area contributed by atoms with E-state index in [9.17, 15) is 0 Å². The molecule has 0 radical (unpaired) electrons. The molecule has 0 spiro atoms. The van der Waals surface area contributed by atoms with Gasteiger partial charge in [-0.2, -0.15) is 0 Å². The number of unbranched alkanes of at least 4 members (excludes halogenated alkanes) is 5. The first kappa shape index (κ1) is 13.5. The quantitative estimate of drug-likeness (QED) is 0.557. The molecule has 0 aliphatic carbocycles. The van der Waals surface area contributed by atoms with Crippen molar-refractivity contribution in [3.05, 3.63) is 22.9 Å². The smallest absolute Gasteiger partial charge is 0.106 e. The monoisotopic (exact) mass is 284 g/mol. The summed E-state index contributed by atoms with van der Waals surface area (Å²) in [4.78, 5) is 4.17. The molecule has 1 N–H and O–H groups in total. The molecular formula is C13H21BrN2. The Hall–Kier alpha value is -0.570. The lowest BCUT2D eigenvalue weighted by Gasteiger charge is -2.05. The average molecular weight is 285 g/mol. The normalized spacial score (nSPS) is 10.4. The number of nitrogens with zero attached hydrogens (tertiary/aromatic N) is 1. The summed E-state index contributed by atoms with van der Waals surface area (Å²) in [5.74, 6) is 0. The van der Waals surface area contributed by atoms with Crippen molar-refractivity contribution >= 4 is 21.6 Å². The highest BCUT2D eigenvalue weighted by molar-refractivity contribution is 9.10. The lowest BCUT2D eigenvalue weighted by Crippen LogP contribution is -2.01. The Balaban J connectivity index is 2.01. The van der Waals surface area contributed by atoms with Gasteiger partial charge in [0.15, 0.2) is 0 Å². The number of rotatable bonds is 8. The predicted octanol–water partition coefficient (Wildman–Crippen LogP) is 4.62. The molecule has 0 saturated heterocycles. The summed E-state index contributed by atoms with van der Waals surface area (Å²) >= 11 is 3.32. The highest BCUT2D eigenvalue weighted by Crippen LogP contribution is 2.11. The third-order valence-electron chi connectivity index (χ3n) is 2.59. The molecule has 1 aromatic rings. The van der Waals surface area contributed by atoms with Gasteiger partial charge in [0.25, 0.3) is 0 Å². The number of hydrogen-bond acceptors (Lipinski definition) is 2. The molecule has 1 heterocycles. The van der Waals surface area contributed by atoms with Gasteiger partial charge in [0.05, 0.1) is 11.9 Å². The topological polar surface area (TPSA) is 24.9 Å². The largest absolute Gasteiger partial charge is 0.384 e. The zero-order valence-corrected chi connectivity index (χ0v) is 11.6.